The van der Waals surface area contributed by atoms with Crippen molar-refractivity contribution in [3.05, 3.63) is 29.1 Å². The molecule has 31 heavy (non-hydrogen) atoms. The van der Waals surface area contributed by atoms with Crippen LogP contribution >= 0.6 is 0 Å². The molecule has 0 aromatic carbocycles. The van der Waals surface area contributed by atoms with Crippen LogP contribution < -0.4 is 21.8 Å². The minimum Gasteiger partial charge on any atom is -0.480 e. The number of aliphatic carboxylic acids is 2. The molecule has 174 valence electrons. The van der Waals surface area contributed by atoms with E-state index in [1.54, 1.807) is 0 Å². The molecule has 1 rings (SSSR count). The summed E-state index contributed by atoms with van der Waals surface area (Å²) in [5.74, 6) is -2.07. The van der Waals surface area contributed by atoms with Gasteiger partial charge in [-0.25, -0.2) is 4.57 Å². The summed E-state index contributed by atoms with van der Waals surface area (Å²) in [5.41, 5.74) is 20.2. The van der Waals surface area contributed by atoms with Gasteiger partial charge in [0.05, 0.1) is 6.04 Å². The molecule has 0 radical (unpaired) electrons. The smallest absolute Gasteiger partial charge is 0.320 e. The molecule has 0 saturated carbocycles. The van der Waals surface area contributed by atoms with Gasteiger partial charge in [0.2, 0.25) is 0 Å². The summed E-state index contributed by atoms with van der Waals surface area (Å²) >= 11 is 0. The lowest BCUT2D eigenvalue weighted by Crippen LogP contribution is -2.36. The molecule has 1 aromatic rings. The third kappa shape index (κ3) is 9.54. The fourth-order valence-corrected chi connectivity index (χ4v) is 3.47. The molecular weight excluding hydrogens is 400 g/mol. The van der Waals surface area contributed by atoms with E-state index in [0.29, 0.717) is 44.9 Å². The highest BCUT2D eigenvalue weighted by atomic mass is 16.4. The number of hydrogen-bond donors (Lipinski definition) is 5. The molecule has 0 aliphatic heterocycles. The van der Waals surface area contributed by atoms with Crippen molar-refractivity contribution in [1.29, 1.82) is 0 Å². The average molecular weight is 438 g/mol. The predicted octanol–water partition coefficient (Wildman–Crippen LogP) is 0.312. The number of nitrogens with two attached hydrogens (primary N) is 3. The zero-order chi connectivity index (χ0) is 23.4. The van der Waals surface area contributed by atoms with Crippen molar-refractivity contribution in [1.82, 2.24) is 0 Å². The van der Waals surface area contributed by atoms with Gasteiger partial charge >= 0.3 is 11.9 Å². The Morgan fingerprint density at radius 1 is 0.935 bits per heavy atom. The maximum Gasteiger partial charge on any atom is 0.320 e. The van der Waals surface area contributed by atoms with Gasteiger partial charge < -0.3 is 32.2 Å². The lowest BCUT2D eigenvalue weighted by molar-refractivity contribution is -0.698. The van der Waals surface area contributed by atoms with Crippen LogP contribution in [0.3, 0.4) is 0 Å². The number of carboxylic acid groups (broad SMARTS) is 2. The Kier molecular flexibility index (Phi) is 11.9. The first kappa shape index (κ1) is 26.7. The van der Waals surface area contributed by atoms with Crippen molar-refractivity contribution in [2.24, 2.45) is 17.2 Å². The maximum absolute atomic E-state index is 11.2. The Labute approximate surface area is 183 Å². The number of aryl methyl sites for hydroxylation is 3. The minimum atomic E-state index is -1.04. The molecule has 0 bridgehead atoms. The zero-order valence-corrected chi connectivity index (χ0v) is 18.3. The van der Waals surface area contributed by atoms with Crippen LogP contribution in [0.2, 0.25) is 0 Å². The van der Waals surface area contributed by atoms with Crippen molar-refractivity contribution in [3.8, 4) is 0 Å². The molecule has 3 unspecified atom stereocenters. The van der Waals surface area contributed by atoms with Crippen LogP contribution in [0.5, 0.6) is 0 Å². The molecule has 0 aliphatic carbocycles. The molecule has 3 atom stereocenters. The van der Waals surface area contributed by atoms with Crippen LogP contribution in [0.4, 0.5) is 0 Å². The summed E-state index contributed by atoms with van der Waals surface area (Å²) in [6.07, 6.45) is 10.3. The number of aromatic nitrogens is 1. The van der Waals surface area contributed by atoms with Crippen molar-refractivity contribution in [3.63, 3.8) is 0 Å². The fraction of sp³-hybridized carbons (Fsp3) is 0.636. The van der Waals surface area contributed by atoms with Gasteiger partial charge in [0.15, 0.2) is 12.4 Å². The lowest BCUT2D eigenvalue weighted by Gasteiger charge is -2.16. The van der Waals surface area contributed by atoms with E-state index in [4.69, 9.17) is 27.4 Å². The van der Waals surface area contributed by atoms with Gasteiger partial charge in [-0.15, -0.1) is 0 Å². The molecule has 0 spiro atoms. The van der Waals surface area contributed by atoms with Gasteiger partial charge in [-0.1, -0.05) is 13.3 Å². The number of pyridine rings is 1. The Morgan fingerprint density at radius 2 is 1.48 bits per heavy atom. The largest absolute Gasteiger partial charge is 0.480 e. The van der Waals surface area contributed by atoms with Crippen LogP contribution in [0.1, 0.15) is 62.1 Å². The number of carboxylic acids is 2. The van der Waals surface area contributed by atoms with Crippen LogP contribution in [0.25, 0.3) is 0 Å². The van der Waals surface area contributed by atoms with Gasteiger partial charge in [-0.3, -0.25) is 9.59 Å². The summed E-state index contributed by atoms with van der Waals surface area (Å²) in [4.78, 5) is 33.2. The maximum atomic E-state index is 11.2. The summed E-state index contributed by atoms with van der Waals surface area (Å²) in [6, 6.07) is -2.43. The second-order valence-corrected chi connectivity index (χ2v) is 8.04. The first-order valence-corrected chi connectivity index (χ1v) is 10.9. The van der Waals surface area contributed by atoms with E-state index in [-0.39, 0.29) is 0 Å². The SMILES string of the molecule is CCCC[n+]1cc(CCC(N)C=O)c(CCCC(N)C(=O)O)c(CCC(N)C(=O)O)c1. The third-order valence-corrected chi connectivity index (χ3v) is 5.41. The van der Waals surface area contributed by atoms with E-state index in [9.17, 15) is 14.4 Å². The molecule has 9 nitrogen and oxygen atoms in total. The van der Waals surface area contributed by atoms with Gasteiger partial charge in [0, 0.05) is 17.5 Å². The van der Waals surface area contributed by atoms with Crippen molar-refractivity contribution < 1.29 is 29.2 Å². The van der Waals surface area contributed by atoms with Crippen molar-refractivity contribution in [2.75, 3.05) is 0 Å². The molecule has 8 N–H and O–H groups in total. The number of carbonyl (C=O) groups excluding carboxylic acids is 1. The Morgan fingerprint density at radius 3 is 2.00 bits per heavy atom. The normalized spacial score (nSPS) is 14.1. The lowest BCUT2D eigenvalue weighted by atomic mass is 9.91. The summed E-state index contributed by atoms with van der Waals surface area (Å²) in [5, 5.41) is 18.2. The van der Waals surface area contributed by atoms with Crippen LogP contribution in [0.15, 0.2) is 12.4 Å². The van der Waals surface area contributed by atoms with Crippen LogP contribution in [-0.4, -0.2) is 46.6 Å². The van der Waals surface area contributed by atoms with E-state index in [2.05, 4.69) is 17.7 Å². The molecule has 0 aliphatic rings. The Hall–Kier alpha value is -2.36. The Bertz CT molecular complexity index is 741. The quantitative estimate of drug-likeness (QED) is 0.181. The average Bonchev–Trinajstić information content (AvgIpc) is 2.74. The highest BCUT2D eigenvalue weighted by molar-refractivity contribution is 5.73. The molecule has 1 heterocycles. The molecule has 0 saturated heterocycles. The number of unbranched alkanes of at least 4 members (excludes halogenated alkanes) is 1. The zero-order valence-electron chi connectivity index (χ0n) is 18.3. The highest BCUT2D eigenvalue weighted by Crippen LogP contribution is 2.20. The third-order valence-electron chi connectivity index (χ3n) is 5.41. The standard InChI is InChI=1S/C22H36N4O5/c1-2-3-11-26-12-15(7-9-17(23)14-27)18(5-4-6-19(24)21(28)29)16(13-26)8-10-20(25)22(30)31/h12-14,17,19-20H,2-11,23-25H2,1H3,(H-,28,29,30,31)/p+1. The number of nitrogens with zero attached hydrogens (tertiary/aromatic N) is 1. The number of aldehydes is 1. The van der Waals surface area contributed by atoms with Crippen molar-refractivity contribution >= 4 is 18.2 Å². The molecule has 0 fully saturated rings. The van der Waals surface area contributed by atoms with E-state index in [1.807, 2.05) is 6.20 Å². The van der Waals surface area contributed by atoms with E-state index in [0.717, 1.165) is 42.4 Å². The number of hydrogen-bond acceptors (Lipinski definition) is 6. The molecular formula is C22H37N4O5+. The molecule has 1 aromatic heterocycles. The minimum absolute atomic E-state index is 0.294. The Balaban J connectivity index is 3.21. The second kappa shape index (κ2) is 13.8. The van der Waals surface area contributed by atoms with Crippen LogP contribution in [-0.2, 0) is 40.2 Å². The van der Waals surface area contributed by atoms with E-state index < -0.39 is 30.1 Å². The number of carbonyl (C=O) groups is 3. The first-order valence-electron chi connectivity index (χ1n) is 10.9. The van der Waals surface area contributed by atoms with Crippen molar-refractivity contribution in [2.45, 2.75) is 89.4 Å². The number of rotatable bonds is 16. The van der Waals surface area contributed by atoms with Gasteiger partial charge in [0.1, 0.15) is 24.9 Å². The van der Waals surface area contributed by atoms with Gasteiger partial charge in [-0.05, 0) is 50.5 Å². The van der Waals surface area contributed by atoms with E-state index in [1.165, 1.54) is 0 Å². The predicted molar refractivity (Wildman–Crippen MR) is 116 cm³/mol. The summed E-state index contributed by atoms with van der Waals surface area (Å²) in [6.45, 7) is 2.93. The van der Waals surface area contributed by atoms with Gasteiger partial charge in [0.25, 0.3) is 0 Å². The van der Waals surface area contributed by atoms with E-state index >= 15 is 0 Å². The highest BCUT2D eigenvalue weighted by Gasteiger charge is 2.20. The summed E-state index contributed by atoms with van der Waals surface area (Å²) < 4.78 is 2.10. The van der Waals surface area contributed by atoms with Gasteiger partial charge in [-0.2, -0.15) is 0 Å². The fourth-order valence-electron chi connectivity index (χ4n) is 3.47. The molecule has 0 amide bonds. The monoisotopic (exact) mass is 437 g/mol. The van der Waals surface area contributed by atoms with Crippen LogP contribution in [0, 0.1) is 0 Å². The summed E-state index contributed by atoms with van der Waals surface area (Å²) in [7, 11) is 0. The second-order valence-electron chi connectivity index (χ2n) is 8.04. The first-order chi connectivity index (χ1) is 14.7. The topological polar surface area (TPSA) is 174 Å². The molecule has 9 heteroatoms.